The Bertz CT molecular complexity index is 768. The molecule has 2 atom stereocenters. The highest BCUT2D eigenvalue weighted by molar-refractivity contribution is 5.35. The van der Waals surface area contributed by atoms with E-state index in [0.717, 1.165) is 24.2 Å². The molecule has 0 bridgehead atoms. The topological polar surface area (TPSA) is 27.7 Å². The van der Waals surface area contributed by atoms with Crippen molar-refractivity contribution in [3.8, 4) is 11.5 Å². The summed E-state index contributed by atoms with van der Waals surface area (Å²) >= 11 is 0. The Morgan fingerprint density at radius 2 is 1.62 bits per heavy atom. The molecule has 5 heteroatoms. The van der Waals surface area contributed by atoms with Crippen molar-refractivity contribution in [2.45, 2.75) is 58.7 Å². The maximum Gasteiger partial charge on any atom is 0.204 e. The molecule has 0 radical (unpaired) electrons. The normalized spacial score (nSPS) is 19.2. The van der Waals surface area contributed by atoms with Crippen LogP contribution in [0.5, 0.6) is 11.5 Å². The fourth-order valence-electron chi connectivity index (χ4n) is 3.67. The van der Waals surface area contributed by atoms with E-state index in [-0.39, 0.29) is 30.8 Å². The first-order chi connectivity index (χ1) is 14.1. The maximum absolute atomic E-state index is 14.1. The van der Waals surface area contributed by atoms with E-state index in [9.17, 15) is 8.78 Å². The van der Waals surface area contributed by atoms with Crippen LogP contribution in [0.3, 0.4) is 0 Å². The van der Waals surface area contributed by atoms with Crippen molar-refractivity contribution in [3.63, 3.8) is 0 Å². The van der Waals surface area contributed by atoms with E-state index in [2.05, 4.69) is 6.92 Å². The van der Waals surface area contributed by atoms with Gasteiger partial charge in [0.2, 0.25) is 11.6 Å². The Hall–Kier alpha value is -2.14. The molecule has 1 aliphatic heterocycles. The van der Waals surface area contributed by atoms with Gasteiger partial charge in [-0.05, 0) is 55.4 Å². The van der Waals surface area contributed by atoms with Gasteiger partial charge in [0.1, 0.15) is 6.61 Å². The molecule has 0 aromatic heterocycles. The number of ether oxygens (including phenoxy) is 3. The molecule has 1 fully saturated rings. The SMILES string of the molecule is CCCCC1CCC(c2ccc(COc3ccc(OCC)c(F)c3F)cc2)OC1. The Labute approximate surface area is 172 Å². The highest BCUT2D eigenvalue weighted by Gasteiger charge is 2.22. The molecule has 3 rings (SSSR count). The van der Waals surface area contributed by atoms with Crippen LogP contribution in [-0.2, 0) is 11.3 Å². The molecule has 2 unspecified atom stereocenters. The largest absolute Gasteiger partial charge is 0.491 e. The Balaban J connectivity index is 1.53. The summed E-state index contributed by atoms with van der Waals surface area (Å²) in [7, 11) is 0. The monoisotopic (exact) mass is 404 g/mol. The molecule has 29 heavy (non-hydrogen) atoms. The second-order valence-electron chi connectivity index (χ2n) is 7.56. The molecule has 0 saturated carbocycles. The molecular weight excluding hydrogens is 374 g/mol. The van der Waals surface area contributed by atoms with Crippen LogP contribution in [0.25, 0.3) is 0 Å². The lowest BCUT2D eigenvalue weighted by molar-refractivity contribution is -0.0198. The third kappa shape index (κ3) is 5.69. The van der Waals surface area contributed by atoms with E-state index < -0.39 is 11.6 Å². The molecule has 3 nitrogen and oxygen atoms in total. The molecule has 158 valence electrons. The Morgan fingerprint density at radius 3 is 2.21 bits per heavy atom. The van der Waals surface area contributed by atoms with E-state index >= 15 is 0 Å². The molecule has 1 aliphatic rings. The van der Waals surface area contributed by atoms with Crippen molar-refractivity contribution >= 4 is 0 Å². The lowest BCUT2D eigenvalue weighted by Gasteiger charge is -2.29. The van der Waals surface area contributed by atoms with Gasteiger partial charge in [0.05, 0.1) is 19.3 Å². The molecule has 2 aromatic rings. The third-order valence-electron chi connectivity index (χ3n) is 5.39. The molecule has 2 aromatic carbocycles. The smallest absolute Gasteiger partial charge is 0.204 e. The second kappa shape index (κ2) is 10.6. The van der Waals surface area contributed by atoms with E-state index in [1.54, 1.807) is 6.92 Å². The maximum atomic E-state index is 14.1. The molecule has 0 spiro atoms. The van der Waals surface area contributed by atoms with Gasteiger partial charge in [0.15, 0.2) is 11.5 Å². The highest BCUT2D eigenvalue weighted by Crippen LogP contribution is 2.33. The van der Waals surface area contributed by atoms with Crippen molar-refractivity contribution in [1.29, 1.82) is 0 Å². The standard InChI is InChI=1S/C24H30F2O3/c1-3-5-6-17-9-12-20(28-15-17)19-10-7-18(8-11-19)16-29-22-14-13-21(27-4-2)23(25)24(22)26/h7-8,10-11,13-14,17,20H,3-6,9,12,15-16H2,1-2H3. The number of unbranched alkanes of at least 4 members (excludes halogenated alkanes) is 1. The van der Waals surface area contributed by atoms with Gasteiger partial charge in [-0.2, -0.15) is 8.78 Å². The van der Waals surface area contributed by atoms with Gasteiger partial charge in [0, 0.05) is 0 Å². The van der Waals surface area contributed by atoms with E-state index in [0.29, 0.717) is 5.92 Å². The van der Waals surface area contributed by atoms with Gasteiger partial charge in [-0.25, -0.2) is 0 Å². The molecular formula is C24H30F2O3. The lowest BCUT2D eigenvalue weighted by atomic mass is 9.91. The van der Waals surface area contributed by atoms with Crippen LogP contribution in [0.1, 0.15) is 63.2 Å². The number of halogens is 2. The average molecular weight is 404 g/mol. The molecule has 0 amide bonds. The zero-order valence-corrected chi connectivity index (χ0v) is 17.3. The second-order valence-corrected chi connectivity index (χ2v) is 7.56. The lowest BCUT2D eigenvalue weighted by Crippen LogP contribution is -2.20. The first kappa shape index (κ1) is 21.6. The summed E-state index contributed by atoms with van der Waals surface area (Å²) in [5.41, 5.74) is 2.04. The van der Waals surface area contributed by atoms with Crippen molar-refractivity contribution < 1.29 is 23.0 Å². The zero-order valence-electron chi connectivity index (χ0n) is 17.3. The number of hydrogen-bond acceptors (Lipinski definition) is 3. The number of rotatable bonds is 9. The summed E-state index contributed by atoms with van der Waals surface area (Å²) in [6.45, 7) is 5.20. The first-order valence-electron chi connectivity index (χ1n) is 10.6. The molecule has 1 heterocycles. The molecule has 0 N–H and O–H groups in total. The average Bonchev–Trinajstić information content (AvgIpc) is 2.76. The van der Waals surface area contributed by atoms with Crippen molar-refractivity contribution in [1.82, 2.24) is 0 Å². The van der Waals surface area contributed by atoms with Crippen LogP contribution in [0.2, 0.25) is 0 Å². The van der Waals surface area contributed by atoms with E-state index in [4.69, 9.17) is 14.2 Å². The Morgan fingerprint density at radius 1 is 0.931 bits per heavy atom. The number of benzene rings is 2. The van der Waals surface area contributed by atoms with Crippen molar-refractivity contribution in [3.05, 3.63) is 59.2 Å². The van der Waals surface area contributed by atoms with E-state index in [1.165, 1.54) is 37.8 Å². The quantitative estimate of drug-likeness (QED) is 0.471. The number of hydrogen-bond donors (Lipinski definition) is 0. The summed E-state index contributed by atoms with van der Waals surface area (Å²) in [5.74, 6) is -1.59. The predicted molar refractivity (Wildman–Crippen MR) is 109 cm³/mol. The predicted octanol–water partition coefficient (Wildman–Crippen LogP) is 6.60. The fourth-order valence-corrected chi connectivity index (χ4v) is 3.67. The van der Waals surface area contributed by atoms with E-state index in [1.807, 2.05) is 24.3 Å². The molecule has 1 saturated heterocycles. The minimum absolute atomic E-state index is 0.105. The molecule has 0 aliphatic carbocycles. The van der Waals surface area contributed by atoms with Gasteiger partial charge in [-0.1, -0.05) is 44.0 Å². The van der Waals surface area contributed by atoms with Crippen LogP contribution < -0.4 is 9.47 Å². The summed E-state index contributed by atoms with van der Waals surface area (Å²) in [6, 6.07) is 10.7. The minimum atomic E-state index is -1.03. The van der Waals surface area contributed by atoms with Gasteiger partial charge in [0.25, 0.3) is 0 Å². The van der Waals surface area contributed by atoms with Crippen LogP contribution >= 0.6 is 0 Å². The van der Waals surface area contributed by atoms with Gasteiger partial charge in [-0.3, -0.25) is 0 Å². The van der Waals surface area contributed by atoms with Crippen LogP contribution in [0, 0.1) is 17.6 Å². The fraction of sp³-hybridized carbons (Fsp3) is 0.500. The van der Waals surface area contributed by atoms with Crippen molar-refractivity contribution in [2.24, 2.45) is 5.92 Å². The summed E-state index contributed by atoms with van der Waals surface area (Å²) in [5, 5.41) is 0. The van der Waals surface area contributed by atoms with Gasteiger partial charge in [-0.15, -0.1) is 0 Å². The van der Waals surface area contributed by atoms with Crippen molar-refractivity contribution in [2.75, 3.05) is 13.2 Å². The first-order valence-corrected chi connectivity index (χ1v) is 10.6. The van der Waals surface area contributed by atoms with Crippen LogP contribution in [0.15, 0.2) is 36.4 Å². The van der Waals surface area contributed by atoms with Gasteiger partial charge >= 0.3 is 0 Å². The van der Waals surface area contributed by atoms with Gasteiger partial charge < -0.3 is 14.2 Å². The zero-order chi connectivity index (χ0) is 20.6. The van der Waals surface area contributed by atoms with Crippen LogP contribution in [0.4, 0.5) is 8.78 Å². The Kier molecular flexibility index (Phi) is 7.87. The summed E-state index contributed by atoms with van der Waals surface area (Å²) in [6.07, 6.45) is 6.14. The highest BCUT2D eigenvalue weighted by atomic mass is 19.2. The third-order valence-corrected chi connectivity index (χ3v) is 5.39. The summed E-state index contributed by atoms with van der Waals surface area (Å²) < 4.78 is 44.6. The van der Waals surface area contributed by atoms with Crippen LogP contribution in [-0.4, -0.2) is 13.2 Å². The summed E-state index contributed by atoms with van der Waals surface area (Å²) in [4.78, 5) is 0. The minimum Gasteiger partial charge on any atom is -0.491 e.